The molecular formula is C12H22O3S. The van der Waals surface area contributed by atoms with Gasteiger partial charge in [0.15, 0.2) is 0 Å². The summed E-state index contributed by atoms with van der Waals surface area (Å²) >= 11 is 0. The lowest BCUT2D eigenvalue weighted by atomic mass is 10.0. The molecule has 0 spiro atoms. The van der Waals surface area contributed by atoms with E-state index in [9.17, 15) is 8.42 Å². The second-order valence-electron chi connectivity index (χ2n) is 4.49. The summed E-state index contributed by atoms with van der Waals surface area (Å²) in [6, 6.07) is 0. The second-order valence-corrected chi connectivity index (χ2v) is 6.13. The third kappa shape index (κ3) is 7.01. The molecule has 0 saturated heterocycles. The average Bonchev–Trinajstić information content (AvgIpc) is 2.22. The molecule has 0 aliphatic heterocycles. The molecule has 1 aliphatic rings. The molecule has 0 heterocycles. The number of hydrogen-bond acceptors (Lipinski definition) is 3. The number of hydrogen-bond donors (Lipinski definition) is 0. The monoisotopic (exact) mass is 246 g/mol. The van der Waals surface area contributed by atoms with Gasteiger partial charge in [0.2, 0.25) is 0 Å². The lowest BCUT2D eigenvalue weighted by Crippen LogP contribution is -2.06. The van der Waals surface area contributed by atoms with Gasteiger partial charge in [-0.2, -0.15) is 8.42 Å². The molecule has 0 aromatic carbocycles. The van der Waals surface area contributed by atoms with E-state index in [1.165, 1.54) is 32.1 Å². The summed E-state index contributed by atoms with van der Waals surface area (Å²) < 4.78 is 26.6. The highest BCUT2D eigenvalue weighted by Crippen LogP contribution is 2.17. The molecule has 1 aliphatic carbocycles. The third-order valence-electron chi connectivity index (χ3n) is 2.84. The quantitative estimate of drug-likeness (QED) is 0.568. The first kappa shape index (κ1) is 13.7. The van der Waals surface area contributed by atoms with Gasteiger partial charge < -0.3 is 0 Å². The van der Waals surface area contributed by atoms with E-state index in [0.717, 1.165) is 31.1 Å². The van der Waals surface area contributed by atoms with Gasteiger partial charge in [-0.05, 0) is 31.3 Å². The maximum Gasteiger partial charge on any atom is 0.264 e. The fraction of sp³-hybridized carbons (Fsp3) is 0.833. The smallest absolute Gasteiger partial charge is 0.264 e. The maximum absolute atomic E-state index is 10.9. The molecular weight excluding hydrogens is 224 g/mol. The topological polar surface area (TPSA) is 43.4 Å². The molecule has 0 amide bonds. The Morgan fingerprint density at radius 3 is 2.44 bits per heavy atom. The van der Waals surface area contributed by atoms with Crippen molar-refractivity contribution in [2.45, 2.75) is 51.4 Å². The minimum atomic E-state index is -3.30. The van der Waals surface area contributed by atoms with Crippen molar-refractivity contribution in [1.82, 2.24) is 0 Å². The summed E-state index contributed by atoms with van der Waals surface area (Å²) in [5.41, 5.74) is 1.15. The van der Waals surface area contributed by atoms with Crippen LogP contribution >= 0.6 is 0 Å². The summed E-state index contributed by atoms with van der Waals surface area (Å²) in [6.45, 7) is 0.249. The van der Waals surface area contributed by atoms with E-state index in [2.05, 4.69) is 6.08 Å². The Balaban J connectivity index is 2.43. The Morgan fingerprint density at radius 2 is 1.75 bits per heavy atom. The molecule has 0 aromatic rings. The third-order valence-corrected chi connectivity index (χ3v) is 3.39. The van der Waals surface area contributed by atoms with Crippen LogP contribution in [0, 0.1) is 0 Å². The molecule has 0 saturated carbocycles. The Morgan fingerprint density at radius 1 is 1.12 bits per heavy atom. The summed E-state index contributed by atoms with van der Waals surface area (Å²) in [5.74, 6) is 0. The first-order valence-corrected chi connectivity index (χ1v) is 7.92. The molecule has 1 rings (SSSR count). The van der Waals surface area contributed by atoms with Crippen LogP contribution in [0.15, 0.2) is 11.6 Å². The molecule has 0 aromatic heterocycles. The van der Waals surface area contributed by atoms with E-state index in [1.54, 1.807) is 0 Å². The molecule has 16 heavy (non-hydrogen) atoms. The van der Waals surface area contributed by atoms with Gasteiger partial charge in [0.05, 0.1) is 12.9 Å². The minimum absolute atomic E-state index is 0.249. The van der Waals surface area contributed by atoms with Crippen molar-refractivity contribution >= 4 is 10.1 Å². The standard InChI is InChI=1S/C12H22O3S/c1-16(13,14)15-11-12-9-7-5-3-2-4-6-8-10-12/h9H,2-8,10-11H2,1H3. The largest absolute Gasteiger partial charge is 0.266 e. The fourth-order valence-electron chi connectivity index (χ4n) is 1.93. The maximum atomic E-state index is 10.9. The normalized spacial score (nSPS) is 20.2. The highest BCUT2D eigenvalue weighted by atomic mass is 32.2. The molecule has 0 bridgehead atoms. The van der Waals surface area contributed by atoms with E-state index in [4.69, 9.17) is 4.18 Å². The van der Waals surface area contributed by atoms with E-state index in [1.807, 2.05) is 0 Å². The molecule has 4 heteroatoms. The Bertz CT molecular complexity index is 317. The zero-order chi connectivity index (χ0) is 11.9. The highest BCUT2D eigenvalue weighted by molar-refractivity contribution is 7.85. The SMILES string of the molecule is CS(=O)(=O)OCC1=CCCCCCCCC1. The minimum Gasteiger partial charge on any atom is -0.266 e. The van der Waals surface area contributed by atoms with Crippen LogP contribution in [-0.2, 0) is 14.3 Å². The predicted octanol–water partition coefficient (Wildman–Crippen LogP) is 3.02. The molecule has 3 nitrogen and oxygen atoms in total. The van der Waals surface area contributed by atoms with Crippen LogP contribution in [0.3, 0.4) is 0 Å². The zero-order valence-electron chi connectivity index (χ0n) is 10.1. The first-order valence-electron chi connectivity index (χ1n) is 6.10. The van der Waals surface area contributed by atoms with Gasteiger partial charge in [0.25, 0.3) is 10.1 Å². The van der Waals surface area contributed by atoms with Crippen LogP contribution in [0.5, 0.6) is 0 Å². The van der Waals surface area contributed by atoms with Crippen molar-refractivity contribution in [1.29, 1.82) is 0 Å². The van der Waals surface area contributed by atoms with Crippen molar-refractivity contribution in [3.63, 3.8) is 0 Å². The molecule has 0 fully saturated rings. The Hall–Kier alpha value is -0.350. The molecule has 0 atom stereocenters. The summed E-state index contributed by atoms with van der Waals surface area (Å²) in [6.07, 6.45) is 12.8. The van der Waals surface area contributed by atoms with Gasteiger partial charge >= 0.3 is 0 Å². The van der Waals surface area contributed by atoms with Gasteiger partial charge in [0, 0.05) is 0 Å². The van der Waals surface area contributed by atoms with E-state index >= 15 is 0 Å². The second kappa shape index (κ2) is 7.07. The van der Waals surface area contributed by atoms with E-state index in [0.29, 0.717) is 0 Å². The van der Waals surface area contributed by atoms with Crippen LogP contribution in [-0.4, -0.2) is 21.3 Å². The van der Waals surface area contributed by atoms with Gasteiger partial charge in [-0.3, -0.25) is 4.18 Å². The zero-order valence-corrected chi connectivity index (χ0v) is 10.9. The van der Waals surface area contributed by atoms with Crippen molar-refractivity contribution in [2.24, 2.45) is 0 Å². The van der Waals surface area contributed by atoms with Crippen LogP contribution < -0.4 is 0 Å². The van der Waals surface area contributed by atoms with Crippen LogP contribution in [0.1, 0.15) is 51.4 Å². The van der Waals surface area contributed by atoms with Crippen LogP contribution in [0.2, 0.25) is 0 Å². The Labute approximate surface area is 99.0 Å². The van der Waals surface area contributed by atoms with E-state index in [-0.39, 0.29) is 6.61 Å². The number of allylic oxidation sites excluding steroid dienone is 1. The molecule has 94 valence electrons. The Kier molecular flexibility index (Phi) is 6.06. The number of rotatable bonds is 3. The van der Waals surface area contributed by atoms with Gasteiger partial charge in [0.1, 0.15) is 0 Å². The molecule has 0 radical (unpaired) electrons. The van der Waals surface area contributed by atoms with Gasteiger partial charge in [-0.15, -0.1) is 0 Å². The summed E-state index contributed by atoms with van der Waals surface area (Å²) in [4.78, 5) is 0. The molecule has 0 unspecified atom stereocenters. The van der Waals surface area contributed by atoms with Crippen molar-refractivity contribution < 1.29 is 12.6 Å². The first-order chi connectivity index (χ1) is 7.58. The van der Waals surface area contributed by atoms with Crippen LogP contribution in [0.4, 0.5) is 0 Å². The van der Waals surface area contributed by atoms with Crippen LogP contribution in [0.25, 0.3) is 0 Å². The van der Waals surface area contributed by atoms with Gasteiger partial charge in [-0.25, -0.2) is 0 Å². The van der Waals surface area contributed by atoms with Gasteiger partial charge in [-0.1, -0.05) is 31.8 Å². The van der Waals surface area contributed by atoms with Crippen molar-refractivity contribution in [3.8, 4) is 0 Å². The van der Waals surface area contributed by atoms with Crippen molar-refractivity contribution in [2.75, 3.05) is 12.9 Å². The lowest BCUT2D eigenvalue weighted by molar-refractivity contribution is 0.346. The molecule has 0 N–H and O–H groups in total. The summed E-state index contributed by atoms with van der Waals surface area (Å²) in [7, 11) is -3.30. The van der Waals surface area contributed by atoms with E-state index < -0.39 is 10.1 Å². The highest BCUT2D eigenvalue weighted by Gasteiger charge is 2.06. The summed E-state index contributed by atoms with van der Waals surface area (Å²) in [5, 5.41) is 0. The van der Waals surface area contributed by atoms with Crippen molar-refractivity contribution in [3.05, 3.63) is 11.6 Å². The lowest BCUT2D eigenvalue weighted by Gasteiger charge is -2.10. The predicted molar refractivity (Wildman–Crippen MR) is 65.8 cm³/mol. The fourth-order valence-corrected chi connectivity index (χ4v) is 2.29. The average molecular weight is 246 g/mol.